The number of rotatable bonds is 9. The highest BCUT2D eigenvalue weighted by molar-refractivity contribution is 5.98. The van der Waals surface area contributed by atoms with Gasteiger partial charge in [-0.05, 0) is 43.0 Å². The molecule has 2 aromatic carbocycles. The number of hydrazine groups is 1. The summed E-state index contributed by atoms with van der Waals surface area (Å²) in [5.74, 6) is 0.449. The fourth-order valence-corrected chi connectivity index (χ4v) is 2.67. The molecule has 2 atom stereocenters. The van der Waals surface area contributed by atoms with Crippen LogP contribution < -0.4 is 20.3 Å². The van der Waals surface area contributed by atoms with Gasteiger partial charge in [-0.3, -0.25) is 20.4 Å². The molecule has 2 aromatic rings. The van der Waals surface area contributed by atoms with Gasteiger partial charge < -0.3 is 9.47 Å². The Hall–Kier alpha value is -3.28. The molecule has 0 spiro atoms. The van der Waals surface area contributed by atoms with Gasteiger partial charge in [-0.15, -0.1) is 0 Å². The van der Waals surface area contributed by atoms with E-state index in [1.54, 1.807) is 37.3 Å². The number of ether oxygens (including phenoxy) is 2. The van der Waals surface area contributed by atoms with Crippen molar-refractivity contribution >= 4 is 11.8 Å². The summed E-state index contributed by atoms with van der Waals surface area (Å²) in [6.45, 7) is 9.71. The number of carbonyl (C=O) groups is 2. The van der Waals surface area contributed by atoms with Crippen molar-refractivity contribution in [3.05, 3.63) is 72.3 Å². The zero-order chi connectivity index (χ0) is 21.2. The first-order valence-electron chi connectivity index (χ1n) is 9.66. The molecule has 0 fully saturated rings. The molecule has 2 N–H and O–H groups in total. The van der Waals surface area contributed by atoms with Gasteiger partial charge >= 0.3 is 0 Å². The van der Waals surface area contributed by atoms with Crippen LogP contribution in [0, 0.1) is 0 Å². The molecule has 0 heterocycles. The van der Waals surface area contributed by atoms with Gasteiger partial charge in [0.25, 0.3) is 11.8 Å². The van der Waals surface area contributed by atoms with Crippen LogP contribution in [0.25, 0.3) is 0 Å². The average Bonchev–Trinajstić information content (AvgIpc) is 2.75. The molecule has 0 saturated carbocycles. The van der Waals surface area contributed by atoms with Gasteiger partial charge in [0.2, 0.25) is 0 Å². The predicted molar refractivity (Wildman–Crippen MR) is 113 cm³/mol. The lowest BCUT2D eigenvalue weighted by atomic mass is 9.98. The van der Waals surface area contributed by atoms with Crippen LogP contribution in [-0.4, -0.2) is 24.5 Å². The molecule has 2 amide bonds. The molecule has 0 bridgehead atoms. The molecular formula is C23H28N2O4. The van der Waals surface area contributed by atoms with Gasteiger partial charge in [-0.25, -0.2) is 0 Å². The summed E-state index contributed by atoms with van der Waals surface area (Å²) < 4.78 is 11.3. The Morgan fingerprint density at radius 3 is 2.38 bits per heavy atom. The van der Waals surface area contributed by atoms with Gasteiger partial charge in [0, 0.05) is 0 Å². The van der Waals surface area contributed by atoms with E-state index in [1.165, 1.54) is 0 Å². The maximum atomic E-state index is 12.4. The van der Waals surface area contributed by atoms with Crippen LogP contribution in [0.5, 0.6) is 11.5 Å². The molecule has 2 rings (SSSR count). The fourth-order valence-electron chi connectivity index (χ4n) is 2.67. The molecular weight excluding hydrogens is 368 g/mol. The standard InChI is InChI=1S/C23H28N2O4/c1-5-15-28-20-13-9-8-12-19(20)23(27)25-24-22(26)17(4)29-21-14-10-7-11-18(21)16(3)6-2/h5,7-14,16-17H,1,6,15H2,2-4H3,(H,24,26)(H,25,27). The van der Waals surface area contributed by atoms with E-state index >= 15 is 0 Å². The van der Waals surface area contributed by atoms with E-state index in [1.807, 2.05) is 24.3 Å². The molecule has 154 valence electrons. The van der Waals surface area contributed by atoms with E-state index in [4.69, 9.17) is 9.47 Å². The summed E-state index contributed by atoms with van der Waals surface area (Å²) in [7, 11) is 0. The quantitative estimate of drug-likeness (QED) is 0.496. The van der Waals surface area contributed by atoms with E-state index < -0.39 is 17.9 Å². The van der Waals surface area contributed by atoms with Crippen molar-refractivity contribution in [2.24, 2.45) is 0 Å². The minimum absolute atomic E-state index is 0.275. The highest BCUT2D eigenvalue weighted by atomic mass is 16.5. The van der Waals surface area contributed by atoms with E-state index in [2.05, 4.69) is 31.3 Å². The highest BCUT2D eigenvalue weighted by Crippen LogP contribution is 2.29. The Labute approximate surface area is 171 Å². The first-order valence-corrected chi connectivity index (χ1v) is 9.66. The monoisotopic (exact) mass is 396 g/mol. The molecule has 0 aromatic heterocycles. The Balaban J connectivity index is 1.98. The van der Waals surface area contributed by atoms with Crippen LogP contribution in [0.4, 0.5) is 0 Å². The Bertz CT molecular complexity index is 850. The Kier molecular flexibility index (Phi) is 8.27. The summed E-state index contributed by atoms with van der Waals surface area (Å²) >= 11 is 0. The summed E-state index contributed by atoms with van der Waals surface area (Å²) in [4.78, 5) is 24.8. The largest absolute Gasteiger partial charge is 0.489 e. The first-order chi connectivity index (χ1) is 14.0. The van der Waals surface area contributed by atoms with Crippen molar-refractivity contribution in [2.45, 2.75) is 39.2 Å². The van der Waals surface area contributed by atoms with Crippen LogP contribution in [0.15, 0.2) is 61.2 Å². The van der Waals surface area contributed by atoms with Crippen molar-refractivity contribution in [3.63, 3.8) is 0 Å². The molecule has 0 aliphatic carbocycles. The van der Waals surface area contributed by atoms with Crippen LogP contribution in [0.1, 0.15) is 49.0 Å². The molecule has 2 unspecified atom stereocenters. The lowest BCUT2D eigenvalue weighted by Gasteiger charge is -2.20. The van der Waals surface area contributed by atoms with Crippen molar-refractivity contribution in [1.29, 1.82) is 0 Å². The number of carbonyl (C=O) groups excluding carboxylic acids is 2. The van der Waals surface area contributed by atoms with Crippen LogP contribution in [0.3, 0.4) is 0 Å². The van der Waals surface area contributed by atoms with Crippen molar-refractivity contribution in [1.82, 2.24) is 10.9 Å². The summed E-state index contributed by atoms with van der Waals surface area (Å²) in [5, 5.41) is 0. The average molecular weight is 396 g/mol. The third kappa shape index (κ3) is 6.10. The maximum Gasteiger partial charge on any atom is 0.279 e. The zero-order valence-electron chi connectivity index (χ0n) is 17.1. The third-order valence-electron chi connectivity index (χ3n) is 4.52. The highest BCUT2D eigenvalue weighted by Gasteiger charge is 2.19. The summed E-state index contributed by atoms with van der Waals surface area (Å²) in [6, 6.07) is 14.4. The molecule has 29 heavy (non-hydrogen) atoms. The van der Waals surface area contributed by atoms with Gasteiger partial charge in [0.1, 0.15) is 18.1 Å². The van der Waals surface area contributed by atoms with Crippen molar-refractivity contribution in [2.75, 3.05) is 6.61 Å². The summed E-state index contributed by atoms with van der Waals surface area (Å²) in [6.07, 6.45) is 1.77. The van der Waals surface area contributed by atoms with E-state index in [9.17, 15) is 9.59 Å². The first kappa shape index (κ1) is 22.0. The number of hydrogen-bond acceptors (Lipinski definition) is 4. The number of nitrogens with one attached hydrogen (secondary N) is 2. The molecule has 0 aliphatic rings. The second kappa shape index (κ2) is 10.9. The lowest BCUT2D eigenvalue weighted by Crippen LogP contribution is -2.47. The van der Waals surface area contributed by atoms with Gasteiger partial charge in [-0.2, -0.15) is 0 Å². The van der Waals surface area contributed by atoms with Gasteiger partial charge in [-0.1, -0.05) is 56.8 Å². The van der Waals surface area contributed by atoms with Crippen LogP contribution >= 0.6 is 0 Å². The minimum Gasteiger partial charge on any atom is -0.489 e. The molecule has 0 aliphatic heterocycles. The second-order valence-electron chi connectivity index (χ2n) is 6.65. The maximum absolute atomic E-state index is 12.4. The normalized spacial score (nSPS) is 12.4. The molecule has 0 saturated heterocycles. The topological polar surface area (TPSA) is 76.7 Å². The molecule has 0 radical (unpaired) electrons. The van der Waals surface area contributed by atoms with Crippen molar-refractivity contribution in [3.8, 4) is 11.5 Å². The van der Waals surface area contributed by atoms with E-state index in [0.717, 1.165) is 12.0 Å². The van der Waals surface area contributed by atoms with E-state index in [0.29, 0.717) is 23.0 Å². The lowest BCUT2D eigenvalue weighted by molar-refractivity contribution is -0.128. The number of benzene rings is 2. The fraction of sp³-hybridized carbons (Fsp3) is 0.304. The van der Waals surface area contributed by atoms with Crippen LogP contribution in [-0.2, 0) is 4.79 Å². The van der Waals surface area contributed by atoms with Crippen LogP contribution in [0.2, 0.25) is 0 Å². The second-order valence-corrected chi connectivity index (χ2v) is 6.65. The Morgan fingerprint density at radius 1 is 1.03 bits per heavy atom. The predicted octanol–water partition coefficient (Wildman–Crippen LogP) is 3.99. The van der Waals surface area contributed by atoms with Gasteiger partial charge in [0.05, 0.1) is 5.56 Å². The zero-order valence-corrected chi connectivity index (χ0v) is 17.1. The van der Waals surface area contributed by atoms with Crippen molar-refractivity contribution < 1.29 is 19.1 Å². The Morgan fingerprint density at radius 2 is 1.69 bits per heavy atom. The summed E-state index contributed by atoms with van der Waals surface area (Å²) in [5.41, 5.74) is 6.17. The molecule has 6 nitrogen and oxygen atoms in total. The number of hydrogen-bond donors (Lipinski definition) is 2. The smallest absolute Gasteiger partial charge is 0.279 e. The number of para-hydroxylation sites is 2. The number of amides is 2. The minimum atomic E-state index is -0.784. The SMILES string of the molecule is C=CCOc1ccccc1C(=O)NNC(=O)C(C)Oc1ccccc1C(C)CC. The van der Waals surface area contributed by atoms with E-state index in [-0.39, 0.29) is 6.61 Å². The third-order valence-corrected chi connectivity index (χ3v) is 4.52. The van der Waals surface area contributed by atoms with Gasteiger partial charge in [0.15, 0.2) is 6.10 Å². The molecule has 6 heteroatoms.